The summed E-state index contributed by atoms with van der Waals surface area (Å²) in [4.78, 5) is 24.5. The zero-order valence-corrected chi connectivity index (χ0v) is 13.7. The molecule has 2 aromatic rings. The Hall–Kier alpha value is -2.74. The molecule has 0 spiro atoms. The molecule has 3 rings (SSSR count). The summed E-state index contributed by atoms with van der Waals surface area (Å²) in [5, 5.41) is 19.5. The Bertz CT molecular complexity index is 747. The predicted molar refractivity (Wildman–Crippen MR) is 89.3 cm³/mol. The molecule has 0 bridgehead atoms. The lowest BCUT2D eigenvalue weighted by molar-refractivity contribution is -0.135. The highest BCUT2D eigenvalue weighted by atomic mass is 16.7. The van der Waals surface area contributed by atoms with Crippen LogP contribution in [0.5, 0.6) is 0 Å². The van der Waals surface area contributed by atoms with Gasteiger partial charge in [0.1, 0.15) is 6.10 Å². The van der Waals surface area contributed by atoms with Gasteiger partial charge in [-0.1, -0.05) is 36.4 Å². The third kappa shape index (κ3) is 3.91. The molecule has 1 saturated heterocycles. The van der Waals surface area contributed by atoms with Gasteiger partial charge in [-0.3, -0.25) is 0 Å². The highest BCUT2D eigenvalue weighted by molar-refractivity contribution is 5.90. The van der Waals surface area contributed by atoms with Crippen molar-refractivity contribution in [2.75, 3.05) is 6.61 Å². The van der Waals surface area contributed by atoms with E-state index in [2.05, 4.69) is 0 Å². The van der Waals surface area contributed by atoms with Gasteiger partial charge in [0.05, 0.1) is 17.7 Å². The molecule has 0 aromatic heterocycles. The fourth-order valence-corrected chi connectivity index (χ4v) is 2.65. The minimum atomic E-state index is -1.52. The Balaban J connectivity index is 1.76. The van der Waals surface area contributed by atoms with E-state index < -0.39 is 43.1 Å². The van der Waals surface area contributed by atoms with Crippen molar-refractivity contribution in [3.8, 4) is 0 Å². The van der Waals surface area contributed by atoms with Gasteiger partial charge in [-0.05, 0) is 24.3 Å². The first-order valence-corrected chi connectivity index (χ1v) is 8.06. The molecule has 0 radical (unpaired) electrons. The Morgan fingerprint density at radius 2 is 1.31 bits per heavy atom. The van der Waals surface area contributed by atoms with E-state index >= 15 is 0 Å². The SMILES string of the molecule is O=C(O[C@H]1[C@H](OC(=O)c2ccccc2)C(O)O[C@@H]1CO)c1ccccc1. The molecule has 1 aliphatic rings. The fraction of sp³-hybridized carbons (Fsp3) is 0.263. The van der Waals surface area contributed by atoms with E-state index in [0.29, 0.717) is 5.56 Å². The van der Waals surface area contributed by atoms with E-state index in [-0.39, 0.29) is 5.56 Å². The van der Waals surface area contributed by atoms with E-state index in [1.54, 1.807) is 60.7 Å². The quantitative estimate of drug-likeness (QED) is 0.773. The third-order valence-corrected chi connectivity index (χ3v) is 3.97. The number of rotatable bonds is 5. The van der Waals surface area contributed by atoms with Crippen LogP contribution in [0.1, 0.15) is 20.7 Å². The standard InChI is InChI=1S/C19H18O7/c20-11-14-15(25-17(21)12-7-3-1-4-8-12)16(19(23)24-14)26-18(22)13-9-5-2-6-10-13/h1-10,14-16,19-20,23H,11H2/t14-,15-,16+,19?/m1/s1. The van der Waals surface area contributed by atoms with Gasteiger partial charge in [0.2, 0.25) is 0 Å². The van der Waals surface area contributed by atoms with Gasteiger partial charge in [0, 0.05) is 0 Å². The lowest BCUT2D eigenvalue weighted by Gasteiger charge is -2.22. The predicted octanol–water partition coefficient (Wildman–Crippen LogP) is 1.15. The van der Waals surface area contributed by atoms with E-state index in [4.69, 9.17) is 14.2 Å². The number of aliphatic hydroxyl groups is 2. The second-order valence-electron chi connectivity index (χ2n) is 5.72. The Kier molecular flexibility index (Phi) is 5.62. The number of hydrogen-bond acceptors (Lipinski definition) is 7. The van der Waals surface area contributed by atoms with Crippen LogP contribution < -0.4 is 0 Å². The van der Waals surface area contributed by atoms with Crippen molar-refractivity contribution in [2.24, 2.45) is 0 Å². The summed E-state index contributed by atoms with van der Waals surface area (Å²) in [6.45, 7) is -0.511. The fourth-order valence-electron chi connectivity index (χ4n) is 2.65. The van der Waals surface area contributed by atoms with Crippen LogP contribution in [0.2, 0.25) is 0 Å². The van der Waals surface area contributed by atoms with Crippen LogP contribution in [0.4, 0.5) is 0 Å². The summed E-state index contributed by atoms with van der Waals surface area (Å²) < 4.78 is 15.8. The summed E-state index contributed by atoms with van der Waals surface area (Å²) in [5.74, 6) is -1.37. The van der Waals surface area contributed by atoms with Gasteiger partial charge in [0.25, 0.3) is 0 Å². The first-order chi connectivity index (χ1) is 12.6. The first kappa shape index (κ1) is 18.1. The highest BCUT2D eigenvalue weighted by Crippen LogP contribution is 2.27. The number of benzene rings is 2. The van der Waals surface area contributed by atoms with E-state index in [9.17, 15) is 19.8 Å². The molecular weight excluding hydrogens is 340 g/mol. The molecule has 0 aliphatic carbocycles. The van der Waals surface area contributed by atoms with Crippen molar-refractivity contribution >= 4 is 11.9 Å². The maximum absolute atomic E-state index is 12.3. The van der Waals surface area contributed by atoms with Crippen LogP contribution in [-0.4, -0.2) is 53.4 Å². The summed E-state index contributed by atoms with van der Waals surface area (Å²) in [5.41, 5.74) is 0.569. The lowest BCUT2D eigenvalue weighted by Crippen LogP contribution is -2.41. The van der Waals surface area contributed by atoms with E-state index in [1.807, 2.05) is 0 Å². The molecule has 7 heteroatoms. The van der Waals surface area contributed by atoms with Crippen LogP contribution in [0.25, 0.3) is 0 Å². The number of esters is 2. The molecule has 4 atom stereocenters. The Labute approximate surface area is 149 Å². The molecule has 1 fully saturated rings. The zero-order chi connectivity index (χ0) is 18.5. The Morgan fingerprint density at radius 1 is 0.846 bits per heavy atom. The maximum Gasteiger partial charge on any atom is 0.338 e. The molecule has 2 N–H and O–H groups in total. The van der Waals surface area contributed by atoms with Crippen LogP contribution >= 0.6 is 0 Å². The van der Waals surface area contributed by atoms with Crippen LogP contribution in [-0.2, 0) is 14.2 Å². The normalized spacial score (nSPS) is 24.8. The number of carbonyl (C=O) groups is 2. The summed E-state index contributed by atoms with van der Waals surface area (Å²) in [7, 11) is 0. The summed E-state index contributed by atoms with van der Waals surface area (Å²) in [6.07, 6.45) is -4.93. The van der Waals surface area contributed by atoms with Crippen molar-refractivity contribution in [2.45, 2.75) is 24.6 Å². The topological polar surface area (TPSA) is 102 Å². The first-order valence-electron chi connectivity index (χ1n) is 8.06. The molecule has 1 heterocycles. The van der Waals surface area contributed by atoms with Gasteiger partial charge in [-0.15, -0.1) is 0 Å². The van der Waals surface area contributed by atoms with Crippen LogP contribution in [0.3, 0.4) is 0 Å². The number of ether oxygens (including phenoxy) is 3. The number of hydrogen-bond donors (Lipinski definition) is 2. The average molecular weight is 358 g/mol. The second kappa shape index (κ2) is 8.09. The molecule has 1 unspecified atom stereocenters. The van der Waals surface area contributed by atoms with Crippen LogP contribution in [0.15, 0.2) is 60.7 Å². The molecule has 136 valence electrons. The van der Waals surface area contributed by atoms with Crippen molar-refractivity contribution < 1.29 is 34.0 Å². The van der Waals surface area contributed by atoms with Gasteiger partial charge >= 0.3 is 11.9 Å². The van der Waals surface area contributed by atoms with Gasteiger partial charge in [0.15, 0.2) is 18.5 Å². The minimum absolute atomic E-state index is 0.278. The van der Waals surface area contributed by atoms with Crippen molar-refractivity contribution in [1.82, 2.24) is 0 Å². The van der Waals surface area contributed by atoms with Gasteiger partial charge < -0.3 is 24.4 Å². The molecule has 26 heavy (non-hydrogen) atoms. The molecular formula is C19H18O7. The zero-order valence-electron chi connectivity index (χ0n) is 13.7. The third-order valence-electron chi connectivity index (χ3n) is 3.97. The van der Waals surface area contributed by atoms with Crippen molar-refractivity contribution in [3.05, 3.63) is 71.8 Å². The van der Waals surface area contributed by atoms with Crippen molar-refractivity contribution in [3.63, 3.8) is 0 Å². The molecule has 7 nitrogen and oxygen atoms in total. The monoisotopic (exact) mass is 358 g/mol. The highest BCUT2D eigenvalue weighted by Gasteiger charge is 2.49. The number of aliphatic hydroxyl groups excluding tert-OH is 2. The lowest BCUT2D eigenvalue weighted by atomic mass is 10.1. The smallest absolute Gasteiger partial charge is 0.338 e. The second-order valence-corrected chi connectivity index (χ2v) is 5.72. The van der Waals surface area contributed by atoms with Crippen LogP contribution in [0, 0.1) is 0 Å². The van der Waals surface area contributed by atoms with Gasteiger partial charge in [-0.2, -0.15) is 0 Å². The van der Waals surface area contributed by atoms with Gasteiger partial charge in [-0.25, -0.2) is 9.59 Å². The number of carbonyl (C=O) groups excluding carboxylic acids is 2. The average Bonchev–Trinajstić information content (AvgIpc) is 2.98. The molecule has 0 amide bonds. The molecule has 1 aliphatic heterocycles. The maximum atomic E-state index is 12.3. The molecule has 0 saturated carbocycles. The summed E-state index contributed by atoms with van der Waals surface area (Å²) in [6, 6.07) is 16.4. The summed E-state index contributed by atoms with van der Waals surface area (Å²) >= 11 is 0. The van der Waals surface area contributed by atoms with E-state index in [1.165, 1.54) is 0 Å². The van der Waals surface area contributed by atoms with E-state index in [0.717, 1.165) is 0 Å². The largest absolute Gasteiger partial charge is 0.452 e. The van der Waals surface area contributed by atoms with Crippen molar-refractivity contribution in [1.29, 1.82) is 0 Å². The minimum Gasteiger partial charge on any atom is -0.452 e. The Morgan fingerprint density at radius 3 is 1.77 bits per heavy atom. The molecule has 2 aromatic carbocycles.